The Labute approximate surface area is 96.5 Å². The number of hydrogen-bond acceptors (Lipinski definition) is 3. The van der Waals surface area contributed by atoms with Gasteiger partial charge in [-0.2, -0.15) is 0 Å². The number of rotatable bonds is 4. The van der Waals surface area contributed by atoms with Crippen LogP contribution >= 0.6 is 22.6 Å². The van der Waals surface area contributed by atoms with Crippen LogP contribution in [0.2, 0.25) is 0 Å². The van der Waals surface area contributed by atoms with Gasteiger partial charge in [0.1, 0.15) is 5.75 Å². The first kappa shape index (κ1) is 11.3. The van der Waals surface area contributed by atoms with Crippen LogP contribution in [0.15, 0.2) is 24.3 Å². The predicted octanol–water partition coefficient (Wildman–Crippen LogP) is 2.23. The molecular formula is C10H11IO3. The number of esters is 1. The highest BCUT2D eigenvalue weighted by Gasteiger charge is 2.02. The molecule has 0 aliphatic heterocycles. The summed E-state index contributed by atoms with van der Waals surface area (Å²) in [5.74, 6) is 0.344. The molecule has 0 unspecified atom stereocenters. The fourth-order valence-corrected chi connectivity index (χ4v) is 1.42. The van der Waals surface area contributed by atoms with E-state index in [1.807, 2.05) is 18.2 Å². The Morgan fingerprint density at radius 3 is 2.93 bits per heavy atom. The minimum atomic E-state index is -0.341. The van der Waals surface area contributed by atoms with Crippen LogP contribution in [-0.2, 0) is 9.53 Å². The molecule has 0 aliphatic carbocycles. The summed E-state index contributed by atoms with van der Waals surface area (Å²) in [7, 11) is 0. The van der Waals surface area contributed by atoms with Crippen molar-refractivity contribution < 1.29 is 14.3 Å². The molecule has 1 rings (SSSR count). The third kappa shape index (κ3) is 3.95. The van der Waals surface area contributed by atoms with Crippen LogP contribution in [0.3, 0.4) is 0 Å². The lowest BCUT2D eigenvalue weighted by Crippen LogP contribution is -2.14. The Morgan fingerprint density at radius 1 is 1.50 bits per heavy atom. The zero-order chi connectivity index (χ0) is 10.4. The molecule has 0 amide bonds. The monoisotopic (exact) mass is 306 g/mol. The first-order chi connectivity index (χ1) is 6.72. The summed E-state index contributed by atoms with van der Waals surface area (Å²) < 4.78 is 11.0. The third-order valence-corrected chi connectivity index (χ3v) is 2.13. The molecule has 0 aromatic heterocycles. The Balaban J connectivity index is 2.41. The van der Waals surface area contributed by atoms with Crippen LogP contribution in [0.25, 0.3) is 0 Å². The molecular weight excluding hydrogens is 295 g/mol. The lowest BCUT2D eigenvalue weighted by molar-refractivity contribution is -0.145. The number of carbonyl (C=O) groups is 1. The maximum atomic E-state index is 11.0. The summed E-state index contributed by atoms with van der Waals surface area (Å²) in [6.45, 7) is 2.12. The standard InChI is InChI=1S/C10H11IO3/c1-2-13-10(12)7-14-9-5-3-4-8(11)6-9/h3-6H,2,7H2,1H3. The fraction of sp³-hybridized carbons (Fsp3) is 0.300. The van der Waals surface area contributed by atoms with Gasteiger partial charge in [-0.3, -0.25) is 0 Å². The van der Waals surface area contributed by atoms with Crippen LogP contribution < -0.4 is 4.74 Å². The highest BCUT2D eigenvalue weighted by molar-refractivity contribution is 14.1. The Bertz CT molecular complexity index is 312. The van der Waals surface area contributed by atoms with E-state index >= 15 is 0 Å². The summed E-state index contributed by atoms with van der Waals surface area (Å²) in [6.07, 6.45) is 0. The summed E-state index contributed by atoms with van der Waals surface area (Å²) in [5, 5.41) is 0. The quantitative estimate of drug-likeness (QED) is 0.632. The van der Waals surface area contributed by atoms with Gasteiger partial charge < -0.3 is 9.47 Å². The van der Waals surface area contributed by atoms with E-state index in [0.29, 0.717) is 12.4 Å². The van der Waals surface area contributed by atoms with E-state index in [1.54, 1.807) is 13.0 Å². The van der Waals surface area contributed by atoms with Gasteiger partial charge in [-0.15, -0.1) is 0 Å². The van der Waals surface area contributed by atoms with Gasteiger partial charge in [0, 0.05) is 3.57 Å². The molecule has 0 radical (unpaired) electrons. The molecule has 0 spiro atoms. The van der Waals surface area contributed by atoms with Gasteiger partial charge in [0.05, 0.1) is 6.61 Å². The molecule has 14 heavy (non-hydrogen) atoms. The largest absolute Gasteiger partial charge is 0.482 e. The highest BCUT2D eigenvalue weighted by Crippen LogP contribution is 2.14. The summed E-state index contributed by atoms with van der Waals surface area (Å²) in [4.78, 5) is 11.0. The number of ether oxygens (including phenoxy) is 2. The molecule has 3 nitrogen and oxygen atoms in total. The van der Waals surface area contributed by atoms with E-state index in [4.69, 9.17) is 9.47 Å². The van der Waals surface area contributed by atoms with E-state index in [-0.39, 0.29) is 12.6 Å². The lowest BCUT2D eigenvalue weighted by Gasteiger charge is -2.05. The van der Waals surface area contributed by atoms with E-state index in [9.17, 15) is 4.79 Å². The van der Waals surface area contributed by atoms with Gasteiger partial charge >= 0.3 is 5.97 Å². The van der Waals surface area contributed by atoms with Crippen molar-refractivity contribution in [3.05, 3.63) is 27.8 Å². The molecule has 4 heteroatoms. The molecule has 0 N–H and O–H groups in total. The minimum absolute atomic E-state index is 0.0338. The van der Waals surface area contributed by atoms with Crippen LogP contribution in [0, 0.1) is 3.57 Å². The molecule has 0 fully saturated rings. The molecule has 0 atom stereocenters. The Hall–Kier alpha value is -0.780. The summed E-state index contributed by atoms with van der Waals surface area (Å²) in [6, 6.07) is 7.50. The number of benzene rings is 1. The number of halogens is 1. The second kappa shape index (κ2) is 5.85. The lowest BCUT2D eigenvalue weighted by atomic mass is 10.3. The summed E-state index contributed by atoms with van der Waals surface area (Å²) >= 11 is 2.18. The first-order valence-electron chi connectivity index (χ1n) is 4.26. The zero-order valence-electron chi connectivity index (χ0n) is 7.83. The van der Waals surface area contributed by atoms with Gasteiger partial charge in [-0.25, -0.2) is 4.79 Å². The third-order valence-electron chi connectivity index (χ3n) is 1.46. The van der Waals surface area contributed by atoms with Crippen molar-refractivity contribution in [2.75, 3.05) is 13.2 Å². The van der Waals surface area contributed by atoms with E-state index in [2.05, 4.69) is 22.6 Å². The van der Waals surface area contributed by atoms with Crippen molar-refractivity contribution in [3.63, 3.8) is 0 Å². The van der Waals surface area contributed by atoms with Crippen LogP contribution in [0.1, 0.15) is 6.92 Å². The van der Waals surface area contributed by atoms with Crippen molar-refractivity contribution in [1.82, 2.24) is 0 Å². The zero-order valence-corrected chi connectivity index (χ0v) is 9.98. The molecule has 0 bridgehead atoms. The van der Waals surface area contributed by atoms with Gasteiger partial charge in [0.2, 0.25) is 0 Å². The van der Waals surface area contributed by atoms with Gasteiger partial charge in [0.15, 0.2) is 6.61 Å². The van der Waals surface area contributed by atoms with Crippen LogP contribution in [0.5, 0.6) is 5.75 Å². The fourth-order valence-electron chi connectivity index (χ4n) is 0.902. The molecule has 1 aromatic rings. The normalized spacial score (nSPS) is 9.57. The maximum Gasteiger partial charge on any atom is 0.344 e. The average Bonchev–Trinajstić information content (AvgIpc) is 2.15. The van der Waals surface area contributed by atoms with Crippen LogP contribution in [-0.4, -0.2) is 19.2 Å². The van der Waals surface area contributed by atoms with E-state index in [1.165, 1.54) is 0 Å². The van der Waals surface area contributed by atoms with Gasteiger partial charge in [-0.1, -0.05) is 6.07 Å². The van der Waals surface area contributed by atoms with E-state index in [0.717, 1.165) is 3.57 Å². The first-order valence-corrected chi connectivity index (χ1v) is 5.34. The second-order valence-electron chi connectivity index (χ2n) is 2.55. The van der Waals surface area contributed by atoms with Crippen molar-refractivity contribution in [2.45, 2.75) is 6.92 Å². The summed E-state index contributed by atoms with van der Waals surface area (Å²) in [5.41, 5.74) is 0. The van der Waals surface area contributed by atoms with Crippen molar-refractivity contribution in [2.24, 2.45) is 0 Å². The smallest absolute Gasteiger partial charge is 0.344 e. The topological polar surface area (TPSA) is 35.5 Å². The SMILES string of the molecule is CCOC(=O)COc1cccc(I)c1. The molecule has 0 saturated carbocycles. The molecule has 0 aliphatic rings. The van der Waals surface area contributed by atoms with Crippen molar-refractivity contribution in [3.8, 4) is 5.75 Å². The molecule has 0 saturated heterocycles. The average molecular weight is 306 g/mol. The van der Waals surface area contributed by atoms with Crippen molar-refractivity contribution >= 4 is 28.6 Å². The highest BCUT2D eigenvalue weighted by atomic mass is 127. The second-order valence-corrected chi connectivity index (χ2v) is 3.80. The maximum absolute atomic E-state index is 11.0. The molecule has 76 valence electrons. The van der Waals surface area contributed by atoms with Crippen LogP contribution in [0.4, 0.5) is 0 Å². The predicted molar refractivity (Wildman–Crippen MR) is 61.3 cm³/mol. The Morgan fingerprint density at radius 2 is 2.29 bits per heavy atom. The molecule has 1 aromatic carbocycles. The van der Waals surface area contributed by atoms with E-state index < -0.39 is 0 Å². The Kier molecular flexibility index (Phi) is 4.72. The van der Waals surface area contributed by atoms with Gasteiger partial charge in [-0.05, 0) is 47.7 Å². The number of carbonyl (C=O) groups excluding carboxylic acids is 1. The van der Waals surface area contributed by atoms with Crippen molar-refractivity contribution in [1.29, 1.82) is 0 Å². The number of hydrogen-bond donors (Lipinski definition) is 0. The van der Waals surface area contributed by atoms with Gasteiger partial charge in [0.25, 0.3) is 0 Å². The molecule has 0 heterocycles. The minimum Gasteiger partial charge on any atom is -0.482 e.